The molecule has 0 bridgehead atoms. The van der Waals surface area contributed by atoms with Gasteiger partial charge in [0.25, 0.3) is 0 Å². The summed E-state index contributed by atoms with van der Waals surface area (Å²) in [6.07, 6.45) is 2.35. The van der Waals surface area contributed by atoms with Gasteiger partial charge in [-0.05, 0) is 31.4 Å². The van der Waals surface area contributed by atoms with Gasteiger partial charge in [-0.1, -0.05) is 69.7 Å². The average Bonchev–Trinajstić information content (AvgIpc) is 2.43. The van der Waals surface area contributed by atoms with Gasteiger partial charge in [-0.25, -0.2) is 0 Å². The number of nitrogens with one attached hydrogen (secondary N) is 1. The molecule has 0 heterocycles. The molecular weight excluding hydrogens is 230 g/mol. The van der Waals surface area contributed by atoms with Crippen molar-refractivity contribution in [2.24, 2.45) is 5.92 Å². The van der Waals surface area contributed by atoms with Crippen molar-refractivity contribution in [1.29, 1.82) is 0 Å². The molecule has 0 spiro atoms. The Morgan fingerprint density at radius 2 is 1.84 bits per heavy atom. The van der Waals surface area contributed by atoms with Crippen LogP contribution in [0.3, 0.4) is 0 Å². The van der Waals surface area contributed by atoms with Crippen molar-refractivity contribution in [2.75, 3.05) is 6.54 Å². The number of rotatable bonds is 8. The van der Waals surface area contributed by atoms with Crippen LogP contribution in [0.2, 0.25) is 0 Å². The fourth-order valence-corrected chi connectivity index (χ4v) is 2.69. The molecule has 106 valence electrons. The van der Waals surface area contributed by atoms with Crippen LogP contribution in [-0.2, 0) is 0 Å². The van der Waals surface area contributed by atoms with Gasteiger partial charge < -0.3 is 5.32 Å². The zero-order chi connectivity index (χ0) is 14.3. The Kier molecular flexibility index (Phi) is 6.86. The lowest BCUT2D eigenvalue weighted by molar-refractivity contribution is 0.363. The highest BCUT2D eigenvalue weighted by atomic mass is 14.9. The van der Waals surface area contributed by atoms with Crippen LogP contribution >= 0.6 is 0 Å². The second-order valence-electron chi connectivity index (χ2n) is 5.60. The fourth-order valence-electron chi connectivity index (χ4n) is 2.69. The maximum Gasteiger partial charge on any atom is 0.0345 e. The summed E-state index contributed by atoms with van der Waals surface area (Å²) >= 11 is 0. The third-order valence-electron chi connectivity index (χ3n) is 3.95. The van der Waals surface area contributed by atoms with Crippen LogP contribution in [0.4, 0.5) is 0 Å². The molecule has 0 fully saturated rings. The molecule has 0 aliphatic carbocycles. The molecule has 0 saturated heterocycles. The van der Waals surface area contributed by atoms with E-state index < -0.39 is 0 Å². The van der Waals surface area contributed by atoms with Crippen LogP contribution in [0.15, 0.2) is 42.5 Å². The van der Waals surface area contributed by atoms with Crippen molar-refractivity contribution in [1.82, 2.24) is 5.32 Å². The molecule has 3 unspecified atom stereocenters. The first-order valence-corrected chi connectivity index (χ1v) is 7.55. The van der Waals surface area contributed by atoms with Crippen molar-refractivity contribution in [3.8, 4) is 0 Å². The largest absolute Gasteiger partial charge is 0.310 e. The first-order chi connectivity index (χ1) is 9.11. The van der Waals surface area contributed by atoms with E-state index in [4.69, 9.17) is 0 Å². The van der Waals surface area contributed by atoms with E-state index in [0.717, 1.165) is 13.0 Å². The Morgan fingerprint density at radius 1 is 1.21 bits per heavy atom. The van der Waals surface area contributed by atoms with Gasteiger partial charge in [0, 0.05) is 12.0 Å². The maximum atomic E-state index is 4.21. The molecule has 3 atom stereocenters. The van der Waals surface area contributed by atoms with E-state index in [1.807, 2.05) is 0 Å². The first-order valence-electron chi connectivity index (χ1n) is 7.55. The third-order valence-corrected chi connectivity index (χ3v) is 3.95. The predicted molar refractivity (Wildman–Crippen MR) is 85.5 cm³/mol. The van der Waals surface area contributed by atoms with E-state index in [1.165, 1.54) is 17.6 Å². The van der Waals surface area contributed by atoms with Crippen molar-refractivity contribution in [2.45, 2.75) is 52.5 Å². The van der Waals surface area contributed by atoms with Gasteiger partial charge >= 0.3 is 0 Å². The highest BCUT2D eigenvalue weighted by Crippen LogP contribution is 2.32. The van der Waals surface area contributed by atoms with Gasteiger partial charge in [0.15, 0.2) is 0 Å². The fraction of sp³-hybridized carbons (Fsp3) is 0.556. The molecule has 1 aromatic carbocycles. The SMILES string of the molecule is C=C(C)C(NCCC)C(c1ccccc1)C(C)CC. The third kappa shape index (κ3) is 4.50. The lowest BCUT2D eigenvalue weighted by atomic mass is 9.78. The molecule has 1 heteroatoms. The summed E-state index contributed by atoms with van der Waals surface area (Å²) in [5.74, 6) is 1.16. The minimum absolute atomic E-state index is 0.373. The molecule has 1 aromatic rings. The summed E-state index contributed by atoms with van der Waals surface area (Å²) in [6, 6.07) is 11.2. The Hall–Kier alpha value is -1.08. The lowest BCUT2D eigenvalue weighted by Gasteiger charge is -2.33. The normalized spacial score (nSPS) is 15.8. The lowest BCUT2D eigenvalue weighted by Crippen LogP contribution is -2.38. The summed E-state index contributed by atoms with van der Waals surface area (Å²) in [7, 11) is 0. The van der Waals surface area contributed by atoms with Crippen LogP contribution < -0.4 is 5.32 Å². The standard InChI is InChI=1S/C18H29N/c1-6-13-19-18(14(3)4)17(15(5)7-2)16-11-9-8-10-12-16/h8-12,15,17-19H,3,6-7,13H2,1-2,4-5H3. The molecule has 1 rings (SSSR count). The van der Waals surface area contributed by atoms with E-state index in [2.05, 4.69) is 69.9 Å². The molecule has 19 heavy (non-hydrogen) atoms. The Balaban J connectivity index is 3.03. The molecule has 1 N–H and O–H groups in total. The van der Waals surface area contributed by atoms with E-state index in [0.29, 0.717) is 17.9 Å². The highest BCUT2D eigenvalue weighted by Gasteiger charge is 2.27. The van der Waals surface area contributed by atoms with Crippen LogP contribution in [0.5, 0.6) is 0 Å². The molecule has 0 aliphatic rings. The summed E-state index contributed by atoms with van der Waals surface area (Å²) in [4.78, 5) is 0. The molecule has 0 amide bonds. The van der Waals surface area contributed by atoms with Crippen molar-refractivity contribution in [3.63, 3.8) is 0 Å². The Bertz CT molecular complexity index is 369. The van der Waals surface area contributed by atoms with Gasteiger partial charge in [-0.15, -0.1) is 0 Å². The second kappa shape index (κ2) is 8.16. The summed E-state index contributed by atoms with van der Waals surface area (Å²) in [5, 5.41) is 3.68. The monoisotopic (exact) mass is 259 g/mol. The predicted octanol–water partition coefficient (Wildman–Crippen LogP) is 4.76. The first kappa shape index (κ1) is 16.0. The van der Waals surface area contributed by atoms with Gasteiger partial charge in [0.05, 0.1) is 0 Å². The molecule has 0 aliphatic heterocycles. The van der Waals surface area contributed by atoms with Crippen molar-refractivity contribution < 1.29 is 0 Å². The number of hydrogen-bond donors (Lipinski definition) is 1. The molecular formula is C18H29N. The van der Waals surface area contributed by atoms with Gasteiger partial charge in [-0.3, -0.25) is 0 Å². The van der Waals surface area contributed by atoms with E-state index in [-0.39, 0.29) is 0 Å². The van der Waals surface area contributed by atoms with Crippen molar-refractivity contribution in [3.05, 3.63) is 48.0 Å². The zero-order valence-corrected chi connectivity index (χ0v) is 12.9. The molecule has 1 nitrogen and oxygen atoms in total. The smallest absolute Gasteiger partial charge is 0.0345 e. The summed E-state index contributed by atoms with van der Waals surface area (Å²) < 4.78 is 0. The van der Waals surface area contributed by atoms with Crippen molar-refractivity contribution >= 4 is 0 Å². The summed E-state index contributed by atoms with van der Waals surface area (Å²) in [6.45, 7) is 14.2. The molecule has 0 saturated carbocycles. The van der Waals surface area contributed by atoms with Gasteiger partial charge in [-0.2, -0.15) is 0 Å². The number of hydrogen-bond acceptors (Lipinski definition) is 1. The molecule has 0 aromatic heterocycles. The maximum absolute atomic E-state index is 4.21. The van der Waals surface area contributed by atoms with Crippen LogP contribution in [-0.4, -0.2) is 12.6 Å². The topological polar surface area (TPSA) is 12.0 Å². The average molecular weight is 259 g/mol. The van der Waals surface area contributed by atoms with Gasteiger partial charge in [0.2, 0.25) is 0 Å². The van der Waals surface area contributed by atoms with E-state index >= 15 is 0 Å². The summed E-state index contributed by atoms with van der Waals surface area (Å²) in [5.41, 5.74) is 2.66. The zero-order valence-electron chi connectivity index (χ0n) is 12.9. The number of benzene rings is 1. The highest BCUT2D eigenvalue weighted by molar-refractivity contribution is 5.26. The van der Waals surface area contributed by atoms with Crippen LogP contribution in [0, 0.1) is 5.92 Å². The molecule has 0 radical (unpaired) electrons. The Morgan fingerprint density at radius 3 is 2.32 bits per heavy atom. The minimum Gasteiger partial charge on any atom is -0.310 e. The van der Waals surface area contributed by atoms with Gasteiger partial charge in [0.1, 0.15) is 0 Å². The van der Waals surface area contributed by atoms with Crippen LogP contribution in [0.1, 0.15) is 52.0 Å². The quantitative estimate of drug-likeness (QED) is 0.664. The minimum atomic E-state index is 0.373. The second-order valence-corrected chi connectivity index (χ2v) is 5.60. The van der Waals surface area contributed by atoms with E-state index in [1.54, 1.807) is 0 Å². The van der Waals surface area contributed by atoms with Crippen LogP contribution in [0.25, 0.3) is 0 Å². The van der Waals surface area contributed by atoms with E-state index in [9.17, 15) is 0 Å². The Labute approximate surface area is 119 Å².